The number of halogens is 1. The summed E-state index contributed by atoms with van der Waals surface area (Å²) in [6.45, 7) is 4.05. The fraction of sp³-hybridized carbons (Fsp3) is 0.286. The highest BCUT2D eigenvalue weighted by atomic mass is 19.1. The van der Waals surface area contributed by atoms with Crippen LogP contribution < -0.4 is 5.32 Å². The van der Waals surface area contributed by atoms with Crippen LogP contribution in [-0.4, -0.2) is 22.6 Å². The van der Waals surface area contributed by atoms with Gasteiger partial charge in [0.05, 0.1) is 11.3 Å². The molecule has 19 heavy (non-hydrogen) atoms. The van der Waals surface area contributed by atoms with Gasteiger partial charge in [-0.15, -0.1) is 0 Å². The van der Waals surface area contributed by atoms with Crippen molar-refractivity contribution in [3.05, 3.63) is 52.6 Å². The van der Waals surface area contributed by atoms with E-state index in [1.165, 1.54) is 12.1 Å². The molecule has 2 rings (SSSR count). The van der Waals surface area contributed by atoms with Crippen LogP contribution in [0.15, 0.2) is 24.3 Å². The second kappa shape index (κ2) is 5.65. The topological polar surface area (TPSA) is 57.8 Å². The van der Waals surface area contributed by atoms with Crippen molar-refractivity contribution in [3.8, 4) is 0 Å². The number of amides is 1. The van der Waals surface area contributed by atoms with Gasteiger partial charge in [0.2, 0.25) is 0 Å². The maximum absolute atomic E-state index is 13.0. The van der Waals surface area contributed by atoms with Gasteiger partial charge in [-0.3, -0.25) is 9.89 Å². The number of aromatic amines is 1. The third kappa shape index (κ3) is 3.19. The Kier molecular flexibility index (Phi) is 3.94. The molecule has 0 saturated carbocycles. The molecule has 1 amide bonds. The molecule has 0 atom stereocenters. The van der Waals surface area contributed by atoms with Gasteiger partial charge in [-0.2, -0.15) is 5.10 Å². The summed E-state index contributed by atoms with van der Waals surface area (Å²) in [4.78, 5) is 12.0. The highest BCUT2D eigenvalue weighted by Crippen LogP contribution is 2.09. The summed E-state index contributed by atoms with van der Waals surface area (Å²) in [5, 5.41) is 9.57. The van der Waals surface area contributed by atoms with Gasteiger partial charge < -0.3 is 5.32 Å². The van der Waals surface area contributed by atoms with Crippen molar-refractivity contribution >= 4 is 5.91 Å². The molecule has 0 aliphatic rings. The van der Waals surface area contributed by atoms with Crippen LogP contribution in [0.3, 0.4) is 0 Å². The zero-order chi connectivity index (χ0) is 13.8. The Balaban J connectivity index is 1.91. The van der Waals surface area contributed by atoms with Crippen LogP contribution in [0.1, 0.15) is 27.3 Å². The average molecular weight is 261 g/mol. The lowest BCUT2D eigenvalue weighted by atomic mass is 10.1. The molecule has 0 aliphatic heterocycles. The molecule has 1 heterocycles. The van der Waals surface area contributed by atoms with Gasteiger partial charge in [0.15, 0.2) is 0 Å². The highest BCUT2D eigenvalue weighted by Gasteiger charge is 2.14. The molecule has 100 valence electrons. The smallest absolute Gasteiger partial charge is 0.255 e. The molecule has 0 radical (unpaired) electrons. The fourth-order valence-corrected chi connectivity index (χ4v) is 1.99. The number of rotatable bonds is 4. The summed E-state index contributed by atoms with van der Waals surface area (Å²) in [6.07, 6.45) is 0.597. The molecule has 0 saturated heterocycles. The SMILES string of the molecule is Cc1n[nH]c(C)c1C(=O)NCCc1cccc(F)c1. The van der Waals surface area contributed by atoms with Crippen molar-refractivity contribution in [2.75, 3.05) is 6.54 Å². The molecule has 1 aromatic heterocycles. The summed E-state index contributed by atoms with van der Waals surface area (Å²) < 4.78 is 13.0. The molecule has 1 aromatic carbocycles. The van der Waals surface area contributed by atoms with Gasteiger partial charge in [-0.1, -0.05) is 12.1 Å². The van der Waals surface area contributed by atoms with E-state index in [0.29, 0.717) is 24.2 Å². The monoisotopic (exact) mass is 261 g/mol. The standard InChI is InChI=1S/C14H16FN3O/c1-9-13(10(2)18-17-9)14(19)16-7-6-11-4-3-5-12(15)8-11/h3-5,8H,6-7H2,1-2H3,(H,16,19)(H,17,18). The number of nitrogens with one attached hydrogen (secondary N) is 2. The van der Waals surface area contributed by atoms with Crippen LogP contribution in [0.4, 0.5) is 4.39 Å². The number of aromatic nitrogens is 2. The molecule has 0 spiro atoms. The minimum absolute atomic E-state index is 0.153. The van der Waals surface area contributed by atoms with E-state index in [9.17, 15) is 9.18 Å². The molecule has 0 unspecified atom stereocenters. The first-order valence-corrected chi connectivity index (χ1v) is 6.12. The molecule has 0 fully saturated rings. The molecular formula is C14H16FN3O. The molecule has 0 bridgehead atoms. The van der Waals surface area contributed by atoms with Crippen LogP contribution >= 0.6 is 0 Å². The Bertz CT molecular complexity index is 573. The largest absolute Gasteiger partial charge is 0.352 e. The first-order chi connectivity index (χ1) is 9.08. The van der Waals surface area contributed by atoms with Gasteiger partial charge in [0, 0.05) is 12.2 Å². The van der Waals surface area contributed by atoms with Crippen molar-refractivity contribution in [2.45, 2.75) is 20.3 Å². The number of hydrogen-bond acceptors (Lipinski definition) is 2. The van der Waals surface area contributed by atoms with Gasteiger partial charge in [-0.25, -0.2) is 4.39 Å². The van der Waals surface area contributed by atoms with E-state index in [4.69, 9.17) is 0 Å². The van der Waals surface area contributed by atoms with E-state index in [1.54, 1.807) is 13.0 Å². The quantitative estimate of drug-likeness (QED) is 0.886. The summed E-state index contributed by atoms with van der Waals surface area (Å²) in [5.41, 5.74) is 2.88. The first kappa shape index (κ1) is 13.3. The van der Waals surface area contributed by atoms with Crippen molar-refractivity contribution in [2.24, 2.45) is 0 Å². The zero-order valence-corrected chi connectivity index (χ0v) is 11.0. The minimum Gasteiger partial charge on any atom is -0.352 e. The van der Waals surface area contributed by atoms with E-state index in [2.05, 4.69) is 15.5 Å². The predicted octanol–water partition coefficient (Wildman–Crippen LogP) is 2.14. The van der Waals surface area contributed by atoms with Crippen LogP contribution in [-0.2, 0) is 6.42 Å². The van der Waals surface area contributed by atoms with Gasteiger partial charge in [0.1, 0.15) is 5.82 Å². The third-order valence-electron chi connectivity index (χ3n) is 2.94. The Labute approximate surface area is 111 Å². The summed E-state index contributed by atoms with van der Waals surface area (Å²) in [6, 6.07) is 6.38. The lowest BCUT2D eigenvalue weighted by Gasteiger charge is -2.05. The Morgan fingerprint density at radius 1 is 1.42 bits per heavy atom. The second-order valence-electron chi connectivity index (χ2n) is 4.44. The maximum Gasteiger partial charge on any atom is 0.255 e. The molecule has 2 aromatic rings. The minimum atomic E-state index is -0.259. The van der Waals surface area contributed by atoms with Crippen LogP contribution in [0, 0.1) is 19.7 Å². The number of H-pyrrole nitrogens is 1. The van der Waals surface area contributed by atoms with E-state index in [0.717, 1.165) is 11.3 Å². The summed E-state index contributed by atoms with van der Waals surface area (Å²) in [5.74, 6) is -0.412. The average Bonchev–Trinajstić information content (AvgIpc) is 2.69. The van der Waals surface area contributed by atoms with Gasteiger partial charge in [-0.05, 0) is 38.0 Å². The zero-order valence-electron chi connectivity index (χ0n) is 11.0. The highest BCUT2D eigenvalue weighted by molar-refractivity contribution is 5.96. The molecule has 2 N–H and O–H groups in total. The fourth-order valence-electron chi connectivity index (χ4n) is 1.99. The van der Waals surface area contributed by atoms with Crippen LogP contribution in [0.2, 0.25) is 0 Å². The maximum atomic E-state index is 13.0. The predicted molar refractivity (Wildman–Crippen MR) is 70.5 cm³/mol. The number of aryl methyl sites for hydroxylation is 2. The van der Waals surface area contributed by atoms with E-state index < -0.39 is 0 Å². The van der Waals surface area contributed by atoms with E-state index in [-0.39, 0.29) is 11.7 Å². The third-order valence-corrected chi connectivity index (χ3v) is 2.94. The lowest BCUT2D eigenvalue weighted by Crippen LogP contribution is -2.26. The summed E-state index contributed by atoms with van der Waals surface area (Å²) >= 11 is 0. The number of carbonyl (C=O) groups excluding carboxylic acids is 1. The van der Waals surface area contributed by atoms with E-state index >= 15 is 0 Å². The van der Waals surface area contributed by atoms with Gasteiger partial charge in [0.25, 0.3) is 5.91 Å². The summed E-state index contributed by atoms with van der Waals surface area (Å²) in [7, 11) is 0. The van der Waals surface area contributed by atoms with Gasteiger partial charge >= 0.3 is 0 Å². The number of carbonyl (C=O) groups is 1. The van der Waals surface area contributed by atoms with E-state index in [1.807, 2.05) is 13.0 Å². The normalized spacial score (nSPS) is 10.5. The Morgan fingerprint density at radius 2 is 2.21 bits per heavy atom. The molecule has 5 heteroatoms. The van der Waals surface area contributed by atoms with Crippen molar-refractivity contribution in [1.29, 1.82) is 0 Å². The number of hydrogen-bond donors (Lipinski definition) is 2. The van der Waals surface area contributed by atoms with Crippen molar-refractivity contribution in [1.82, 2.24) is 15.5 Å². The van der Waals surface area contributed by atoms with Crippen LogP contribution in [0.5, 0.6) is 0 Å². The Morgan fingerprint density at radius 3 is 2.84 bits per heavy atom. The lowest BCUT2D eigenvalue weighted by molar-refractivity contribution is 0.0953. The molecule has 0 aliphatic carbocycles. The van der Waals surface area contributed by atoms with Crippen molar-refractivity contribution in [3.63, 3.8) is 0 Å². The van der Waals surface area contributed by atoms with Crippen molar-refractivity contribution < 1.29 is 9.18 Å². The second-order valence-corrected chi connectivity index (χ2v) is 4.44. The Hall–Kier alpha value is -2.17. The number of nitrogens with zero attached hydrogens (tertiary/aromatic N) is 1. The van der Waals surface area contributed by atoms with Crippen LogP contribution in [0.25, 0.3) is 0 Å². The molecular weight excluding hydrogens is 245 g/mol. The first-order valence-electron chi connectivity index (χ1n) is 6.12. The number of benzene rings is 1. The molecule has 4 nitrogen and oxygen atoms in total.